The highest BCUT2D eigenvalue weighted by molar-refractivity contribution is 5.83. The van der Waals surface area contributed by atoms with Gasteiger partial charge in [0.1, 0.15) is 30.2 Å². The van der Waals surface area contributed by atoms with Gasteiger partial charge in [-0.3, -0.25) is 0 Å². The number of phenolic OH excluding ortho intramolecular Hbond substituents is 1. The van der Waals surface area contributed by atoms with Crippen LogP contribution in [0.1, 0.15) is 28.4 Å². The van der Waals surface area contributed by atoms with E-state index in [2.05, 4.69) is 34.3 Å². The summed E-state index contributed by atoms with van der Waals surface area (Å²) in [6, 6.07) is 29.5. The summed E-state index contributed by atoms with van der Waals surface area (Å²) >= 11 is 0. The second-order valence-corrected chi connectivity index (χ2v) is 8.73. The van der Waals surface area contributed by atoms with E-state index in [1.807, 2.05) is 54.6 Å². The maximum atomic E-state index is 10.0. The molecule has 7 heteroatoms. The zero-order valence-corrected chi connectivity index (χ0v) is 19.1. The fraction of sp³-hybridized carbons (Fsp3) is 0.0690. The molecule has 0 saturated heterocycles. The monoisotopic (exact) mass is 472 g/mol. The SMILES string of the molecule is Oc1ccc2c(c1)Oc1ncn3nc(COc4ccc5ccccc5c4)nc3c1[C@@H]2c1ccccc1. The van der Waals surface area contributed by atoms with Gasteiger partial charge in [-0.1, -0.05) is 66.7 Å². The number of aromatic nitrogens is 4. The number of rotatable bonds is 4. The average Bonchev–Trinajstić information content (AvgIpc) is 3.34. The third-order valence-electron chi connectivity index (χ3n) is 6.46. The lowest BCUT2D eigenvalue weighted by atomic mass is 9.84. The molecule has 0 fully saturated rings. The van der Waals surface area contributed by atoms with Crippen LogP contribution in [-0.4, -0.2) is 24.7 Å². The number of nitrogens with zero attached hydrogens (tertiary/aromatic N) is 4. The Hall–Kier alpha value is -4.91. The lowest BCUT2D eigenvalue weighted by Gasteiger charge is -2.27. The Labute approximate surface area is 206 Å². The normalized spacial score (nSPS) is 14.3. The first kappa shape index (κ1) is 20.5. The lowest BCUT2D eigenvalue weighted by molar-refractivity contribution is 0.296. The lowest BCUT2D eigenvalue weighted by Crippen LogP contribution is -2.14. The second-order valence-electron chi connectivity index (χ2n) is 8.73. The number of fused-ring (bicyclic) bond motifs is 5. The van der Waals surface area contributed by atoms with E-state index in [0.717, 1.165) is 33.2 Å². The largest absolute Gasteiger partial charge is 0.508 e. The second kappa shape index (κ2) is 8.09. The minimum Gasteiger partial charge on any atom is -0.508 e. The molecule has 0 spiro atoms. The summed E-state index contributed by atoms with van der Waals surface area (Å²) in [4.78, 5) is 9.36. The molecule has 174 valence electrons. The number of hydrogen-bond donors (Lipinski definition) is 1. The van der Waals surface area contributed by atoms with Crippen molar-refractivity contribution in [1.29, 1.82) is 0 Å². The molecule has 3 heterocycles. The predicted octanol–water partition coefficient (Wildman–Crippen LogP) is 5.85. The molecular formula is C29H20N4O3. The van der Waals surface area contributed by atoms with E-state index in [1.165, 1.54) is 0 Å². The van der Waals surface area contributed by atoms with E-state index in [0.29, 0.717) is 23.1 Å². The molecule has 0 bridgehead atoms. The fourth-order valence-corrected chi connectivity index (χ4v) is 4.81. The van der Waals surface area contributed by atoms with Crippen molar-refractivity contribution in [2.45, 2.75) is 12.5 Å². The summed E-state index contributed by atoms with van der Waals surface area (Å²) in [7, 11) is 0. The number of benzene rings is 4. The highest BCUT2D eigenvalue weighted by atomic mass is 16.5. The number of hydrogen-bond acceptors (Lipinski definition) is 6. The van der Waals surface area contributed by atoms with Crippen LogP contribution in [0, 0.1) is 0 Å². The quantitative estimate of drug-likeness (QED) is 0.346. The highest BCUT2D eigenvalue weighted by Gasteiger charge is 2.33. The fourth-order valence-electron chi connectivity index (χ4n) is 4.81. The predicted molar refractivity (Wildman–Crippen MR) is 135 cm³/mol. The van der Waals surface area contributed by atoms with E-state index in [4.69, 9.17) is 14.5 Å². The molecule has 4 aromatic carbocycles. The molecule has 0 radical (unpaired) electrons. The van der Waals surface area contributed by atoms with Gasteiger partial charge < -0.3 is 14.6 Å². The topological polar surface area (TPSA) is 81.8 Å². The van der Waals surface area contributed by atoms with Crippen molar-refractivity contribution < 1.29 is 14.6 Å². The standard InChI is InChI=1S/C29H20N4O3/c34-21-11-13-23-24(15-21)36-29-27(26(23)19-7-2-1-3-8-19)28-31-25(32-33(28)17-30-29)16-35-22-12-10-18-6-4-5-9-20(18)14-22/h1-15,17,26,34H,16H2/t26-/m1/s1. The summed E-state index contributed by atoms with van der Waals surface area (Å²) < 4.78 is 13.8. The van der Waals surface area contributed by atoms with Gasteiger partial charge in [0.15, 0.2) is 11.5 Å². The van der Waals surface area contributed by atoms with Gasteiger partial charge >= 0.3 is 0 Å². The first-order valence-corrected chi connectivity index (χ1v) is 11.6. The molecule has 7 nitrogen and oxygen atoms in total. The highest BCUT2D eigenvalue weighted by Crippen LogP contribution is 2.48. The molecule has 36 heavy (non-hydrogen) atoms. The van der Waals surface area contributed by atoms with Gasteiger partial charge in [-0.05, 0) is 34.5 Å². The van der Waals surface area contributed by atoms with E-state index in [-0.39, 0.29) is 18.3 Å². The third kappa shape index (κ3) is 3.41. The van der Waals surface area contributed by atoms with Crippen molar-refractivity contribution in [1.82, 2.24) is 19.6 Å². The van der Waals surface area contributed by atoms with Crippen LogP contribution in [0.5, 0.6) is 23.1 Å². The molecular weight excluding hydrogens is 452 g/mol. The van der Waals surface area contributed by atoms with Gasteiger partial charge in [0.2, 0.25) is 5.88 Å². The molecule has 1 atom stereocenters. The van der Waals surface area contributed by atoms with Crippen LogP contribution in [0.25, 0.3) is 16.4 Å². The zero-order chi connectivity index (χ0) is 24.1. The van der Waals surface area contributed by atoms with Crippen LogP contribution in [0.3, 0.4) is 0 Å². The molecule has 6 aromatic rings. The van der Waals surface area contributed by atoms with Crippen molar-refractivity contribution in [2.75, 3.05) is 0 Å². The van der Waals surface area contributed by atoms with Crippen LogP contribution in [0.15, 0.2) is 97.3 Å². The first-order valence-electron chi connectivity index (χ1n) is 11.6. The summed E-state index contributed by atoms with van der Waals surface area (Å²) in [5.41, 5.74) is 3.48. The van der Waals surface area contributed by atoms with Gasteiger partial charge in [-0.15, -0.1) is 5.10 Å². The molecule has 0 aliphatic carbocycles. The van der Waals surface area contributed by atoms with E-state index in [1.54, 1.807) is 23.0 Å². The Morgan fingerprint density at radius 1 is 0.889 bits per heavy atom. The Bertz CT molecular complexity index is 1750. The molecule has 1 N–H and O–H groups in total. The molecule has 7 rings (SSSR count). The van der Waals surface area contributed by atoms with Crippen LogP contribution >= 0.6 is 0 Å². The van der Waals surface area contributed by atoms with Gasteiger partial charge in [0.05, 0.1) is 5.56 Å². The van der Waals surface area contributed by atoms with Crippen molar-refractivity contribution in [3.63, 3.8) is 0 Å². The smallest absolute Gasteiger partial charge is 0.228 e. The molecule has 0 saturated carbocycles. The van der Waals surface area contributed by atoms with Crippen LogP contribution in [0.2, 0.25) is 0 Å². The van der Waals surface area contributed by atoms with E-state index >= 15 is 0 Å². The zero-order valence-electron chi connectivity index (χ0n) is 19.1. The maximum Gasteiger partial charge on any atom is 0.228 e. The Kier molecular flexibility index (Phi) is 4.60. The minimum atomic E-state index is -0.180. The van der Waals surface area contributed by atoms with Crippen LogP contribution in [-0.2, 0) is 6.61 Å². The van der Waals surface area contributed by atoms with Crippen LogP contribution < -0.4 is 9.47 Å². The third-order valence-corrected chi connectivity index (χ3v) is 6.46. The molecule has 1 aliphatic heterocycles. The molecule has 0 amide bonds. The number of aromatic hydroxyl groups is 1. The van der Waals surface area contributed by atoms with Gasteiger partial charge in [0.25, 0.3) is 0 Å². The summed E-state index contributed by atoms with van der Waals surface area (Å²) in [6.07, 6.45) is 1.59. The average molecular weight is 473 g/mol. The summed E-state index contributed by atoms with van der Waals surface area (Å²) in [6.45, 7) is 0.218. The van der Waals surface area contributed by atoms with Crippen LogP contribution in [0.4, 0.5) is 0 Å². The maximum absolute atomic E-state index is 10.0. The minimum absolute atomic E-state index is 0.140. The van der Waals surface area contributed by atoms with Crippen molar-refractivity contribution in [3.05, 3.63) is 120 Å². The molecule has 0 unspecified atom stereocenters. The van der Waals surface area contributed by atoms with E-state index in [9.17, 15) is 5.11 Å². The van der Waals surface area contributed by atoms with Crippen molar-refractivity contribution in [2.24, 2.45) is 0 Å². The number of phenols is 1. The Morgan fingerprint density at radius 3 is 2.61 bits per heavy atom. The summed E-state index contributed by atoms with van der Waals surface area (Å²) in [5, 5.41) is 16.9. The van der Waals surface area contributed by atoms with Crippen molar-refractivity contribution in [3.8, 4) is 23.1 Å². The van der Waals surface area contributed by atoms with Gasteiger partial charge in [0, 0.05) is 17.5 Å². The van der Waals surface area contributed by atoms with Crippen molar-refractivity contribution >= 4 is 16.4 Å². The molecule has 2 aromatic heterocycles. The number of ether oxygens (including phenoxy) is 2. The molecule has 1 aliphatic rings. The first-order chi connectivity index (χ1) is 17.7. The Balaban J connectivity index is 1.29. The van der Waals surface area contributed by atoms with E-state index < -0.39 is 0 Å². The Morgan fingerprint density at radius 2 is 1.72 bits per heavy atom. The summed E-state index contributed by atoms with van der Waals surface area (Å²) in [5.74, 6) is 2.28. The van der Waals surface area contributed by atoms with Gasteiger partial charge in [-0.2, -0.15) is 0 Å². The van der Waals surface area contributed by atoms with Gasteiger partial charge in [-0.25, -0.2) is 14.5 Å².